The Morgan fingerprint density at radius 3 is 3.05 bits per heavy atom. The Morgan fingerprint density at radius 1 is 1.25 bits per heavy atom. The van der Waals surface area contributed by atoms with Gasteiger partial charge in [0.15, 0.2) is 11.5 Å². The largest absolute Gasteiger partial charge is 0.454 e. The van der Waals surface area contributed by atoms with E-state index in [1.807, 2.05) is 36.5 Å². The summed E-state index contributed by atoms with van der Waals surface area (Å²) in [6.07, 6.45) is 2.71. The van der Waals surface area contributed by atoms with Crippen LogP contribution in [0.3, 0.4) is 0 Å². The van der Waals surface area contributed by atoms with Crippen LogP contribution in [0.25, 0.3) is 0 Å². The maximum absolute atomic E-state index is 6.14. The van der Waals surface area contributed by atoms with E-state index in [0.717, 1.165) is 36.5 Å². The van der Waals surface area contributed by atoms with Crippen molar-refractivity contribution in [3.05, 3.63) is 52.8 Å². The first kappa shape index (κ1) is 13.2. The summed E-state index contributed by atoms with van der Waals surface area (Å²) in [4.78, 5) is 4.29. The maximum atomic E-state index is 6.14. The highest BCUT2D eigenvalue weighted by molar-refractivity contribution is 6.32. The summed E-state index contributed by atoms with van der Waals surface area (Å²) in [5.74, 6) is 1.36. The number of benzene rings is 1. The van der Waals surface area contributed by atoms with Crippen molar-refractivity contribution in [1.82, 2.24) is 10.3 Å². The first-order chi connectivity index (χ1) is 9.83. The molecule has 1 aliphatic heterocycles. The quantitative estimate of drug-likeness (QED) is 0.860. The van der Waals surface area contributed by atoms with Crippen molar-refractivity contribution in [3.8, 4) is 11.5 Å². The molecule has 0 aliphatic carbocycles. The van der Waals surface area contributed by atoms with Crippen molar-refractivity contribution in [2.75, 3.05) is 13.3 Å². The van der Waals surface area contributed by atoms with E-state index in [-0.39, 0.29) is 6.79 Å². The summed E-state index contributed by atoms with van der Waals surface area (Å²) in [6.45, 7) is 1.85. The summed E-state index contributed by atoms with van der Waals surface area (Å²) in [5.41, 5.74) is 2.17. The van der Waals surface area contributed by atoms with Gasteiger partial charge < -0.3 is 14.8 Å². The molecule has 0 bridgehead atoms. The molecule has 0 radical (unpaired) electrons. The third-order valence-corrected chi connectivity index (χ3v) is 3.38. The molecule has 2 heterocycles. The third kappa shape index (κ3) is 3.03. The van der Waals surface area contributed by atoms with E-state index in [1.54, 1.807) is 0 Å². The molecule has 0 saturated heterocycles. The fraction of sp³-hybridized carbons (Fsp3) is 0.267. The molecule has 4 nitrogen and oxygen atoms in total. The summed E-state index contributed by atoms with van der Waals surface area (Å²) >= 11 is 6.14. The summed E-state index contributed by atoms with van der Waals surface area (Å²) in [7, 11) is 0. The lowest BCUT2D eigenvalue weighted by Crippen LogP contribution is -2.17. The Kier molecular flexibility index (Phi) is 4.04. The Labute approximate surface area is 122 Å². The van der Waals surface area contributed by atoms with E-state index < -0.39 is 0 Å². The number of halogens is 1. The second-order valence-corrected chi connectivity index (χ2v) is 4.97. The topological polar surface area (TPSA) is 43.4 Å². The van der Waals surface area contributed by atoms with Gasteiger partial charge in [-0.15, -0.1) is 0 Å². The van der Waals surface area contributed by atoms with Gasteiger partial charge in [0.25, 0.3) is 0 Å². The zero-order chi connectivity index (χ0) is 13.8. The van der Waals surface area contributed by atoms with E-state index in [4.69, 9.17) is 21.1 Å². The number of aromatic nitrogens is 1. The van der Waals surface area contributed by atoms with Crippen molar-refractivity contribution in [2.24, 2.45) is 0 Å². The van der Waals surface area contributed by atoms with Crippen LogP contribution in [0.4, 0.5) is 0 Å². The number of fused-ring (bicyclic) bond motifs is 1. The number of hydrogen-bond donors (Lipinski definition) is 1. The van der Waals surface area contributed by atoms with Crippen LogP contribution in [0.15, 0.2) is 36.5 Å². The molecule has 3 rings (SSSR count). The lowest BCUT2D eigenvalue weighted by atomic mass is 10.2. The lowest BCUT2D eigenvalue weighted by molar-refractivity contribution is 0.174. The van der Waals surface area contributed by atoms with E-state index >= 15 is 0 Å². The average molecular weight is 291 g/mol. The van der Waals surface area contributed by atoms with Crippen LogP contribution < -0.4 is 14.8 Å². The predicted molar refractivity (Wildman–Crippen MR) is 77.2 cm³/mol. The monoisotopic (exact) mass is 290 g/mol. The molecule has 1 N–H and O–H groups in total. The molecular weight excluding hydrogens is 276 g/mol. The van der Waals surface area contributed by atoms with Crippen LogP contribution in [0.2, 0.25) is 5.02 Å². The predicted octanol–water partition coefficient (Wildman–Crippen LogP) is 2.80. The standard InChI is InChI=1S/C15H15ClN2O2/c16-13-7-11(8-14-15(13)20-10-19-14)9-17-6-4-12-3-1-2-5-18-12/h1-3,5,7-8,17H,4,6,9-10H2. The van der Waals surface area contributed by atoms with Crippen molar-refractivity contribution in [3.63, 3.8) is 0 Å². The number of hydrogen-bond acceptors (Lipinski definition) is 4. The molecule has 0 atom stereocenters. The Bertz CT molecular complexity index is 590. The Balaban J connectivity index is 1.53. The van der Waals surface area contributed by atoms with E-state index in [0.29, 0.717) is 10.8 Å². The first-order valence-electron chi connectivity index (χ1n) is 6.51. The molecule has 0 amide bonds. The van der Waals surface area contributed by atoms with Crippen molar-refractivity contribution >= 4 is 11.6 Å². The van der Waals surface area contributed by atoms with Crippen LogP contribution in [0.1, 0.15) is 11.3 Å². The number of nitrogens with one attached hydrogen (secondary N) is 1. The zero-order valence-electron chi connectivity index (χ0n) is 10.9. The SMILES string of the molecule is Clc1cc(CNCCc2ccccn2)cc2c1OCO2. The van der Waals surface area contributed by atoms with Crippen LogP contribution in [-0.2, 0) is 13.0 Å². The molecule has 1 aromatic heterocycles. The smallest absolute Gasteiger partial charge is 0.231 e. The molecule has 20 heavy (non-hydrogen) atoms. The molecule has 1 aromatic carbocycles. The molecule has 0 unspecified atom stereocenters. The second kappa shape index (κ2) is 6.11. The molecule has 2 aromatic rings. The Hall–Kier alpha value is -1.78. The van der Waals surface area contributed by atoms with Crippen LogP contribution in [0.5, 0.6) is 11.5 Å². The molecule has 0 spiro atoms. The highest BCUT2D eigenvalue weighted by Crippen LogP contribution is 2.39. The van der Waals surface area contributed by atoms with Gasteiger partial charge in [-0.2, -0.15) is 0 Å². The van der Waals surface area contributed by atoms with Crippen LogP contribution >= 0.6 is 11.6 Å². The number of rotatable bonds is 5. The molecule has 0 saturated carbocycles. The van der Waals surface area contributed by atoms with Gasteiger partial charge >= 0.3 is 0 Å². The van der Waals surface area contributed by atoms with E-state index in [9.17, 15) is 0 Å². The fourth-order valence-corrected chi connectivity index (χ4v) is 2.41. The minimum atomic E-state index is 0.242. The summed E-state index contributed by atoms with van der Waals surface area (Å²) in [6, 6.07) is 9.81. The molecule has 0 fully saturated rings. The van der Waals surface area contributed by atoms with Gasteiger partial charge in [0.05, 0.1) is 5.02 Å². The van der Waals surface area contributed by atoms with Crippen molar-refractivity contribution in [1.29, 1.82) is 0 Å². The number of nitrogens with zero attached hydrogens (tertiary/aromatic N) is 1. The molecule has 1 aliphatic rings. The van der Waals surface area contributed by atoms with Crippen LogP contribution in [0, 0.1) is 0 Å². The average Bonchev–Trinajstić information content (AvgIpc) is 2.94. The highest BCUT2D eigenvalue weighted by Gasteiger charge is 2.17. The van der Waals surface area contributed by atoms with Gasteiger partial charge in [-0.1, -0.05) is 17.7 Å². The van der Waals surface area contributed by atoms with E-state index in [1.165, 1.54) is 0 Å². The summed E-state index contributed by atoms with van der Waals surface area (Å²) < 4.78 is 10.6. The number of pyridine rings is 1. The second-order valence-electron chi connectivity index (χ2n) is 4.56. The third-order valence-electron chi connectivity index (χ3n) is 3.10. The minimum Gasteiger partial charge on any atom is -0.454 e. The van der Waals surface area contributed by atoms with Gasteiger partial charge in [0.1, 0.15) is 0 Å². The number of ether oxygens (including phenoxy) is 2. The zero-order valence-corrected chi connectivity index (χ0v) is 11.7. The van der Waals surface area contributed by atoms with Crippen molar-refractivity contribution in [2.45, 2.75) is 13.0 Å². The normalized spacial score (nSPS) is 12.7. The van der Waals surface area contributed by atoms with Crippen molar-refractivity contribution < 1.29 is 9.47 Å². The lowest BCUT2D eigenvalue weighted by Gasteiger charge is -2.07. The summed E-state index contributed by atoms with van der Waals surface area (Å²) in [5, 5.41) is 3.97. The highest BCUT2D eigenvalue weighted by atomic mass is 35.5. The molecule has 5 heteroatoms. The van der Waals surface area contributed by atoms with Gasteiger partial charge in [0, 0.05) is 31.4 Å². The van der Waals surface area contributed by atoms with Gasteiger partial charge in [-0.25, -0.2) is 0 Å². The Morgan fingerprint density at radius 2 is 2.20 bits per heavy atom. The van der Waals surface area contributed by atoms with E-state index in [2.05, 4.69) is 10.3 Å². The maximum Gasteiger partial charge on any atom is 0.231 e. The van der Waals surface area contributed by atoms with Gasteiger partial charge in [-0.3, -0.25) is 4.98 Å². The molecular formula is C15H15ClN2O2. The van der Waals surface area contributed by atoms with Gasteiger partial charge in [0.2, 0.25) is 6.79 Å². The minimum absolute atomic E-state index is 0.242. The fourth-order valence-electron chi connectivity index (χ4n) is 2.12. The molecule has 104 valence electrons. The van der Waals surface area contributed by atoms with Gasteiger partial charge in [-0.05, 0) is 29.8 Å². The van der Waals surface area contributed by atoms with Crippen LogP contribution in [-0.4, -0.2) is 18.3 Å². The first-order valence-corrected chi connectivity index (χ1v) is 6.89.